The maximum atomic E-state index is 13.8. The molecule has 35 heavy (non-hydrogen) atoms. The number of nitrogens with zero attached hydrogens (tertiary/aromatic N) is 3. The van der Waals surface area contributed by atoms with Gasteiger partial charge in [0.15, 0.2) is 0 Å². The second kappa shape index (κ2) is 9.50. The zero-order valence-corrected chi connectivity index (χ0v) is 19.2. The van der Waals surface area contributed by atoms with Crippen LogP contribution in [0.3, 0.4) is 0 Å². The minimum atomic E-state index is -0.351. The van der Waals surface area contributed by atoms with Gasteiger partial charge < -0.3 is 15.5 Å². The Morgan fingerprint density at radius 2 is 1.86 bits per heavy atom. The lowest BCUT2D eigenvalue weighted by Crippen LogP contribution is -2.26. The molecule has 3 aromatic rings. The van der Waals surface area contributed by atoms with E-state index in [1.165, 1.54) is 6.07 Å². The van der Waals surface area contributed by atoms with Gasteiger partial charge in [-0.25, -0.2) is 14.4 Å². The van der Waals surface area contributed by atoms with Crippen LogP contribution in [0, 0.1) is 5.82 Å². The summed E-state index contributed by atoms with van der Waals surface area (Å²) in [4.78, 5) is 35.8. The molecule has 0 saturated carbocycles. The van der Waals surface area contributed by atoms with Crippen molar-refractivity contribution in [1.29, 1.82) is 0 Å². The summed E-state index contributed by atoms with van der Waals surface area (Å²) in [5.74, 6) is -0.228. The molecule has 2 aliphatic rings. The SMILES string of the molecule is CN1C(=O)Cc2cnc(Nc3ccc(C(=O)NCc4ccccc4F)cc3)nc2C2=CCCC=C21. The van der Waals surface area contributed by atoms with Crippen LogP contribution in [0.4, 0.5) is 16.0 Å². The number of aromatic nitrogens is 2. The van der Waals surface area contributed by atoms with E-state index < -0.39 is 0 Å². The molecule has 0 fully saturated rings. The number of carbonyl (C=O) groups is 2. The van der Waals surface area contributed by atoms with Crippen LogP contribution in [0.2, 0.25) is 0 Å². The predicted molar refractivity (Wildman–Crippen MR) is 131 cm³/mol. The first-order valence-corrected chi connectivity index (χ1v) is 11.4. The maximum absolute atomic E-state index is 13.8. The third-order valence-corrected chi connectivity index (χ3v) is 6.13. The largest absolute Gasteiger partial charge is 0.348 e. The lowest BCUT2D eigenvalue weighted by molar-refractivity contribution is -0.127. The van der Waals surface area contributed by atoms with Crippen molar-refractivity contribution in [2.24, 2.45) is 0 Å². The van der Waals surface area contributed by atoms with E-state index in [4.69, 9.17) is 4.98 Å². The predicted octanol–water partition coefficient (Wildman–Crippen LogP) is 4.36. The van der Waals surface area contributed by atoms with Crippen molar-refractivity contribution in [3.05, 3.63) is 101 Å². The molecule has 2 amide bonds. The molecule has 0 saturated heterocycles. The Morgan fingerprint density at radius 3 is 2.66 bits per heavy atom. The van der Waals surface area contributed by atoms with Crippen LogP contribution in [0.5, 0.6) is 0 Å². The van der Waals surface area contributed by atoms with Gasteiger partial charge in [0.25, 0.3) is 5.91 Å². The molecular weight excluding hydrogens is 445 g/mol. The molecule has 1 aliphatic heterocycles. The number of allylic oxidation sites excluding steroid dienone is 3. The Morgan fingerprint density at radius 1 is 1.09 bits per heavy atom. The van der Waals surface area contributed by atoms with Crippen LogP contribution in [-0.2, 0) is 17.8 Å². The number of rotatable bonds is 5. The molecule has 0 spiro atoms. The van der Waals surface area contributed by atoms with E-state index in [2.05, 4.69) is 27.8 Å². The summed E-state index contributed by atoms with van der Waals surface area (Å²) < 4.78 is 13.8. The van der Waals surface area contributed by atoms with Gasteiger partial charge in [-0.15, -0.1) is 0 Å². The number of nitrogens with one attached hydrogen (secondary N) is 2. The van der Waals surface area contributed by atoms with Crippen molar-refractivity contribution < 1.29 is 14.0 Å². The summed E-state index contributed by atoms with van der Waals surface area (Å²) in [6.45, 7) is 0.110. The van der Waals surface area contributed by atoms with Crippen molar-refractivity contribution in [3.8, 4) is 0 Å². The summed E-state index contributed by atoms with van der Waals surface area (Å²) in [7, 11) is 1.79. The highest BCUT2D eigenvalue weighted by molar-refractivity contribution is 5.94. The number of hydrogen-bond acceptors (Lipinski definition) is 5. The topological polar surface area (TPSA) is 87.2 Å². The lowest BCUT2D eigenvalue weighted by atomic mass is 9.98. The van der Waals surface area contributed by atoms with Gasteiger partial charge in [0.1, 0.15) is 5.82 Å². The average Bonchev–Trinajstić information content (AvgIpc) is 2.98. The molecule has 1 aliphatic carbocycles. The molecule has 0 atom stereocenters. The van der Waals surface area contributed by atoms with Crippen LogP contribution in [-0.4, -0.2) is 33.7 Å². The molecule has 7 nitrogen and oxygen atoms in total. The Kier molecular flexibility index (Phi) is 6.10. The van der Waals surface area contributed by atoms with Crippen molar-refractivity contribution >= 4 is 29.0 Å². The lowest BCUT2D eigenvalue weighted by Gasteiger charge is -2.22. The van der Waals surface area contributed by atoms with E-state index in [0.29, 0.717) is 22.8 Å². The van der Waals surface area contributed by atoms with Crippen molar-refractivity contribution in [2.45, 2.75) is 25.8 Å². The van der Waals surface area contributed by atoms with Crippen LogP contribution in [0.1, 0.15) is 40.0 Å². The quantitative estimate of drug-likeness (QED) is 0.580. The van der Waals surface area contributed by atoms with Gasteiger partial charge in [0.2, 0.25) is 11.9 Å². The molecule has 8 heteroatoms. The number of carbonyl (C=O) groups excluding carboxylic acids is 2. The van der Waals surface area contributed by atoms with Gasteiger partial charge in [0.05, 0.1) is 12.1 Å². The standard InChI is InChI=1S/C27H24FN5O2/c1-33-23-9-5-3-7-21(23)25-19(14-24(33)34)16-30-27(32-25)31-20-12-10-17(11-13-20)26(35)29-15-18-6-2-4-8-22(18)28/h2,4,6-13,16H,3,5,14-15H2,1H3,(H,29,35)(H,30,31,32). The molecule has 5 rings (SSSR count). The Hall–Kier alpha value is -4.33. The Labute approximate surface area is 202 Å². The second-order valence-corrected chi connectivity index (χ2v) is 8.46. The van der Waals surface area contributed by atoms with Crippen LogP contribution in [0.25, 0.3) is 5.57 Å². The fourth-order valence-corrected chi connectivity index (χ4v) is 4.20. The molecule has 1 aromatic heterocycles. The Balaban J connectivity index is 1.30. The second-order valence-electron chi connectivity index (χ2n) is 8.46. The van der Waals surface area contributed by atoms with Gasteiger partial charge in [-0.1, -0.05) is 30.4 Å². The minimum Gasteiger partial charge on any atom is -0.348 e. The maximum Gasteiger partial charge on any atom is 0.251 e. The van der Waals surface area contributed by atoms with Crippen molar-refractivity contribution in [2.75, 3.05) is 12.4 Å². The van der Waals surface area contributed by atoms with E-state index in [1.807, 2.05) is 0 Å². The first kappa shape index (κ1) is 22.5. The molecular formula is C27H24FN5O2. The molecule has 0 unspecified atom stereocenters. The molecule has 0 radical (unpaired) electrons. The minimum absolute atomic E-state index is 0.0102. The monoisotopic (exact) mass is 469 g/mol. The normalized spacial score (nSPS) is 14.8. The van der Waals surface area contributed by atoms with Gasteiger partial charge in [-0.05, 0) is 43.2 Å². The summed E-state index contributed by atoms with van der Waals surface area (Å²) in [6, 6.07) is 13.2. The van der Waals surface area contributed by atoms with E-state index in [1.54, 1.807) is 60.6 Å². The molecule has 2 aromatic carbocycles. The van der Waals surface area contributed by atoms with Gasteiger partial charge in [-0.3, -0.25) is 9.59 Å². The van der Waals surface area contributed by atoms with Gasteiger partial charge in [-0.2, -0.15) is 0 Å². The van der Waals surface area contributed by atoms with Crippen molar-refractivity contribution in [3.63, 3.8) is 0 Å². The molecule has 2 N–H and O–H groups in total. The zero-order valence-electron chi connectivity index (χ0n) is 19.2. The summed E-state index contributed by atoms with van der Waals surface area (Å²) in [5, 5.41) is 5.91. The third kappa shape index (κ3) is 4.68. The first-order valence-electron chi connectivity index (χ1n) is 11.4. The number of fused-ring (bicyclic) bond motifs is 3. The Bertz CT molecular complexity index is 1360. The number of hydrogen-bond donors (Lipinski definition) is 2. The van der Waals surface area contributed by atoms with E-state index in [9.17, 15) is 14.0 Å². The highest BCUT2D eigenvalue weighted by Crippen LogP contribution is 2.34. The zero-order chi connectivity index (χ0) is 24.4. The van der Waals surface area contributed by atoms with E-state index in [0.717, 1.165) is 35.4 Å². The summed E-state index contributed by atoms with van der Waals surface area (Å²) in [6.07, 6.45) is 7.93. The number of amides is 2. The van der Waals surface area contributed by atoms with Gasteiger partial charge >= 0.3 is 0 Å². The van der Waals surface area contributed by atoms with Crippen molar-refractivity contribution in [1.82, 2.24) is 20.2 Å². The number of benzene rings is 2. The van der Waals surface area contributed by atoms with Gasteiger partial charge in [0, 0.05) is 53.4 Å². The molecule has 0 bridgehead atoms. The number of likely N-dealkylation sites (N-methyl/N-ethyl adjacent to an activating group) is 1. The number of anilines is 2. The highest BCUT2D eigenvalue weighted by Gasteiger charge is 2.28. The number of halogens is 1. The van der Waals surface area contributed by atoms with E-state index in [-0.39, 0.29) is 30.6 Å². The smallest absolute Gasteiger partial charge is 0.251 e. The van der Waals surface area contributed by atoms with Crippen LogP contribution >= 0.6 is 0 Å². The summed E-state index contributed by atoms with van der Waals surface area (Å²) in [5.41, 5.74) is 4.99. The van der Waals surface area contributed by atoms with Crippen LogP contribution in [0.15, 0.2) is 72.6 Å². The fourth-order valence-electron chi connectivity index (χ4n) is 4.20. The summed E-state index contributed by atoms with van der Waals surface area (Å²) >= 11 is 0. The molecule has 2 heterocycles. The highest BCUT2D eigenvalue weighted by atomic mass is 19.1. The van der Waals surface area contributed by atoms with Crippen LogP contribution < -0.4 is 10.6 Å². The fraction of sp³-hybridized carbons (Fsp3) is 0.185. The first-order chi connectivity index (χ1) is 17.0. The molecule has 176 valence electrons. The third-order valence-electron chi connectivity index (χ3n) is 6.13. The van der Waals surface area contributed by atoms with E-state index >= 15 is 0 Å². The average molecular weight is 470 g/mol.